The summed E-state index contributed by atoms with van der Waals surface area (Å²) < 4.78 is 7.25. The third-order valence-corrected chi connectivity index (χ3v) is 5.64. The number of aromatic nitrogens is 4. The molecule has 0 saturated carbocycles. The summed E-state index contributed by atoms with van der Waals surface area (Å²) in [5.74, 6) is 3.55. The molecule has 3 aromatic rings. The van der Waals surface area contributed by atoms with Crippen molar-refractivity contribution in [2.24, 2.45) is 7.05 Å². The van der Waals surface area contributed by atoms with Crippen LogP contribution in [0.1, 0.15) is 17.4 Å². The lowest BCUT2D eigenvalue weighted by molar-refractivity contribution is 0.204. The van der Waals surface area contributed by atoms with Crippen molar-refractivity contribution in [1.82, 2.24) is 24.8 Å². The van der Waals surface area contributed by atoms with Crippen molar-refractivity contribution in [3.8, 4) is 11.5 Å². The van der Waals surface area contributed by atoms with Gasteiger partial charge in [0.1, 0.15) is 0 Å². The maximum Gasteiger partial charge on any atom is 0.258 e. The van der Waals surface area contributed by atoms with Gasteiger partial charge in [-0.05, 0) is 11.4 Å². The highest BCUT2D eigenvalue weighted by atomic mass is 32.2. The number of thiophene rings is 1. The van der Waals surface area contributed by atoms with Gasteiger partial charge in [0.2, 0.25) is 0 Å². The molecule has 1 aliphatic rings. The largest absolute Gasteiger partial charge is 0.334 e. The van der Waals surface area contributed by atoms with Gasteiger partial charge < -0.3 is 4.52 Å². The molecule has 0 aliphatic carbocycles. The minimum absolute atomic E-state index is 0.352. The fourth-order valence-corrected chi connectivity index (χ4v) is 4.54. The highest BCUT2D eigenvalue weighted by Crippen LogP contribution is 2.30. The minimum atomic E-state index is 0.352. The van der Waals surface area contributed by atoms with Crippen molar-refractivity contribution >= 4 is 23.1 Å². The van der Waals surface area contributed by atoms with Crippen molar-refractivity contribution < 1.29 is 4.52 Å². The van der Waals surface area contributed by atoms with Gasteiger partial charge in [-0.25, -0.2) is 0 Å². The van der Waals surface area contributed by atoms with E-state index in [2.05, 4.69) is 26.3 Å². The standard InChI is InChI=1S/C15H17N5OS2/c1-19-7-12(6-16-19)13-10-23-5-3-20(13)8-14-17-15(21-18-14)11-2-4-22-9-11/h2,4,6-7,9,13H,3,5,8,10H2,1H3/t13-/m1/s1. The van der Waals surface area contributed by atoms with Crippen LogP contribution in [0.4, 0.5) is 0 Å². The number of nitrogens with zero attached hydrogens (tertiary/aromatic N) is 5. The topological polar surface area (TPSA) is 60.0 Å². The highest BCUT2D eigenvalue weighted by molar-refractivity contribution is 7.99. The van der Waals surface area contributed by atoms with Crippen LogP contribution in [0, 0.1) is 0 Å². The number of thioether (sulfide) groups is 1. The first kappa shape index (κ1) is 14.9. The Bertz CT molecular complexity index is 767. The molecule has 1 saturated heterocycles. The Labute approximate surface area is 142 Å². The normalized spacial score (nSPS) is 19.3. The molecule has 0 N–H and O–H groups in total. The maximum absolute atomic E-state index is 5.39. The van der Waals surface area contributed by atoms with E-state index in [9.17, 15) is 0 Å². The van der Waals surface area contributed by atoms with Crippen molar-refractivity contribution in [3.63, 3.8) is 0 Å². The summed E-state index contributed by atoms with van der Waals surface area (Å²) in [6.45, 7) is 1.72. The van der Waals surface area contributed by atoms with E-state index < -0.39 is 0 Å². The molecule has 120 valence electrons. The summed E-state index contributed by atoms with van der Waals surface area (Å²) in [5.41, 5.74) is 2.24. The van der Waals surface area contributed by atoms with Gasteiger partial charge in [-0.2, -0.15) is 33.2 Å². The molecule has 0 amide bonds. The fourth-order valence-electron chi connectivity index (χ4n) is 2.75. The monoisotopic (exact) mass is 347 g/mol. The second kappa shape index (κ2) is 6.46. The fraction of sp³-hybridized carbons (Fsp3) is 0.400. The Morgan fingerprint density at radius 3 is 3.17 bits per heavy atom. The lowest BCUT2D eigenvalue weighted by atomic mass is 10.1. The highest BCUT2D eigenvalue weighted by Gasteiger charge is 2.26. The average Bonchev–Trinajstić information content (AvgIpc) is 3.28. The Kier molecular flexibility index (Phi) is 4.19. The minimum Gasteiger partial charge on any atom is -0.334 e. The van der Waals surface area contributed by atoms with Gasteiger partial charge in [0.25, 0.3) is 5.89 Å². The zero-order valence-electron chi connectivity index (χ0n) is 12.8. The quantitative estimate of drug-likeness (QED) is 0.723. The van der Waals surface area contributed by atoms with E-state index in [4.69, 9.17) is 4.52 Å². The summed E-state index contributed by atoms with van der Waals surface area (Å²) in [5, 5.41) is 12.5. The maximum atomic E-state index is 5.39. The van der Waals surface area contributed by atoms with Crippen LogP contribution in [0.3, 0.4) is 0 Å². The molecule has 3 aromatic heterocycles. The number of aryl methyl sites for hydroxylation is 1. The van der Waals surface area contributed by atoms with Crippen LogP contribution in [0.5, 0.6) is 0 Å². The molecule has 0 unspecified atom stereocenters. The number of hydrogen-bond donors (Lipinski definition) is 0. The van der Waals surface area contributed by atoms with Crippen LogP contribution in [-0.4, -0.2) is 42.9 Å². The molecule has 0 aromatic carbocycles. The third kappa shape index (κ3) is 3.19. The molecule has 1 fully saturated rings. The summed E-state index contributed by atoms with van der Waals surface area (Å²) >= 11 is 3.61. The summed E-state index contributed by atoms with van der Waals surface area (Å²) in [7, 11) is 1.95. The first-order chi connectivity index (χ1) is 11.3. The molecular weight excluding hydrogens is 330 g/mol. The molecule has 4 rings (SSSR count). The van der Waals surface area contributed by atoms with Gasteiger partial charge in [-0.3, -0.25) is 9.58 Å². The van der Waals surface area contributed by atoms with Crippen LogP contribution >= 0.6 is 23.1 Å². The molecule has 0 radical (unpaired) electrons. The van der Waals surface area contributed by atoms with Crippen LogP contribution in [-0.2, 0) is 13.6 Å². The second-order valence-corrected chi connectivity index (χ2v) is 7.47. The van der Waals surface area contributed by atoms with Crippen LogP contribution in [0.15, 0.2) is 33.7 Å². The molecule has 0 spiro atoms. The predicted molar refractivity (Wildman–Crippen MR) is 91.3 cm³/mol. The molecule has 23 heavy (non-hydrogen) atoms. The number of hydrogen-bond acceptors (Lipinski definition) is 7. The zero-order chi connectivity index (χ0) is 15.6. The summed E-state index contributed by atoms with van der Waals surface area (Å²) in [6, 6.07) is 2.35. The third-order valence-electron chi connectivity index (χ3n) is 3.93. The Morgan fingerprint density at radius 2 is 2.39 bits per heavy atom. The lowest BCUT2D eigenvalue weighted by Gasteiger charge is -2.33. The smallest absolute Gasteiger partial charge is 0.258 e. The Hall–Kier alpha value is -1.64. The first-order valence-corrected chi connectivity index (χ1v) is 9.55. The van der Waals surface area contributed by atoms with Gasteiger partial charge in [-0.1, -0.05) is 5.16 Å². The van der Waals surface area contributed by atoms with Crippen molar-refractivity contribution in [2.75, 3.05) is 18.1 Å². The van der Waals surface area contributed by atoms with Crippen LogP contribution in [0.2, 0.25) is 0 Å². The van der Waals surface area contributed by atoms with E-state index in [-0.39, 0.29) is 0 Å². The molecular formula is C15H17N5OS2. The zero-order valence-corrected chi connectivity index (χ0v) is 14.4. The van der Waals surface area contributed by atoms with E-state index in [1.165, 1.54) is 5.56 Å². The average molecular weight is 347 g/mol. The van der Waals surface area contributed by atoms with E-state index >= 15 is 0 Å². The molecule has 4 heterocycles. The van der Waals surface area contributed by atoms with Crippen molar-refractivity contribution in [1.29, 1.82) is 0 Å². The first-order valence-electron chi connectivity index (χ1n) is 7.45. The SMILES string of the molecule is Cn1cc([C@H]2CSCCN2Cc2noc(-c3ccsc3)n2)cn1. The second-order valence-electron chi connectivity index (χ2n) is 5.54. The van der Waals surface area contributed by atoms with Crippen LogP contribution in [0.25, 0.3) is 11.5 Å². The lowest BCUT2D eigenvalue weighted by Crippen LogP contribution is -2.35. The van der Waals surface area contributed by atoms with E-state index in [0.717, 1.165) is 29.4 Å². The Balaban J connectivity index is 1.52. The van der Waals surface area contributed by atoms with Crippen LogP contribution < -0.4 is 0 Å². The van der Waals surface area contributed by atoms with E-state index in [1.54, 1.807) is 11.3 Å². The van der Waals surface area contributed by atoms with Gasteiger partial charge in [0.15, 0.2) is 5.82 Å². The van der Waals surface area contributed by atoms with E-state index in [0.29, 0.717) is 18.5 Å². The van der Waals surface area contributed by atoms with E-state index in [1.807, 2.05) is 46.5 Å². The van der Waals surface area contributed by atoms with Gasteiger partial charge in [0.05, 0.1) is 18.3 Å². The Morgan fingerprint density at radius 1 is 1.43 bits per heavy atom. The molecule has 1 atom stereocenters. The van der Waals surface area contributed by atoms with Gasteiger partial charge in [-0.15, -0.1) is 0 Å². The summed E-state index contributed by atoms with van der Waals surface area (Å²) in [4.78, 5) is 6.95. The predicted octanol–water partition coefficient (Wildman–Crippen LogP) is 2.82. The molecule has 8 heteroatoms. The molecule has 6 nitrogen and oxygen atoms in total. The molecule has 1 aliphatic heterocycles. The molecule has 0 bridgehead atoms. The van der Waals surface area contributed by atoms with Gasteiger partial charge >= 0.3 is 0 Å². The summed E-state index contributed by atoms with van der Waals surface area (Å²) in [6.07, 6.45) is 4.05. The van der Waals surface area contributed by atoms with Crippen molar-refractivity contribution in [2.45, 2.75) is 12.6 Å². The van der Waals surface area contributed by atoms with Gasteiger partial charge in [0, 0.05) is 48.3 Å². The number of rotatable bonds is 4. The van der Waals surface area contributed by atoms with Crippen molar-refractivity contribution in [3.05, 3.63) is 40.6 Å².